The largest absolute Gasteiger partial charge is 0.358 e. The molecule has 2 N–H and O–H groups in total. The van der Waals surface area contributed by atoms with E-state index in [-0.39, 0.29) is 17.5 Å². The van der Waals surface area contributed by atoms with Gasteiger partial charge in [0, 0.05) is 86.4 Å². The van der Waals surface area contributed by atoms with Gasteiger partial charge in [-0.1, -0.05) is 54.6 Å². The second kappa shape index (κ2) is 11.7. The van der Waals surface area contributed by atoms with Crippen LogP contribution in [0.4, 0.5) is 8.78 Å². The van der Waals surface area contributed by atoms with Crippen molar-refractivity contribution in [2.45, 2.75) is 57.7 Å². The molecule has 214 valence electrons. The number of hydrogen-bond acceptors (Lipinski definition) is 3. The molecule has 0 radical (unpaired) electrons. The lowest BCUT2D eigenvalue weighted by Crippen LogP contribution is -2.45. The number of rotatable bonds is 8. The molecular weight excluding hydrogens is 518 g/mol. The molecule has 4 aromatic rings. The predicted octanol–water partition coefficient (Wildman–Crippen LogP) is 6.27. The summed E-state index contributed by atoms with van der Waals surface area (Å²) in [4.78, 5) is 21.6. The fraction of sp³-hybridized carbons (Fsp3) is 0.382. The number of amides is 1. The average molecular weight is 557 g/mol. The smallest absolute Gasteiger partial charge is 0.270 e. The number of piperidine rings is 1. The highest BCUT2D eigenvalue weighted by molar-refractivity contribution is 5.99. The minimum Gasteiger partial charge on any atom is -0.358 e. The molecule has 1 saturated heterocycles. The number of alkyl halides is 2. The molecule has 2 aliphatic heterocycles. The van der Waals surface area contributed by atoms with Gasteiger partial charge in [-0.3, -0.25) is 9.69 Å². The lowest BCUT2D eigenvalue weighted by atomic mass is 10.0. The maximum absolute atomic E-state index is 13.6. The zero-order valence-corrected chi connectivity index (χ0v) is 23.6. The monoisotopic (exact) mass is 556 g/mol. The number of H-pyrrole nitrogens is 1. The Bertz CT molecular complexity index is 1490. The second-order valence-corrected chi connectivity index (χ2v) is 11.7. The Balaban J connectivity index is 1.06. The summed E-state index contributed by atoms with van der Waals surface area (Å²) in [6, 6.07) is 23.4. The van der Waals surface area contributed by atoms with E-state index < -0.39 is 5.92 Å². The van der Waals surface area contributed by atoms with Gasteiger partial charge in [0.1, 0.15) is 0 Å². The molecule has 0 atom stereocenters. The first-order valence-corrected chi connectivity index (χ1v) is 14.7. The van der Waals surface area contributed by atoms with Crippen LogP contribution >= 0.6 is 0 Å². The predicted molar refractivity (Wildman–Crippen MR) is 159 cm³/mol. The summed E-state index contributed by atoms with van der Waals surface area (Å²) in [5.74, 6) is -2.84. The number of nitrogens with zero attached hydrogens (tertiary/aromatic N) is 2. The van der Waals surface area contributed by atoms with Gasteiger partial charge < -0.3 is 15.2 Å². The van der Waals surface area contributed by atoms with E-state index in [1.165, 1.54) is 29.0 Å². The first-order valence-electron chi connectivity index (χ1n) is 14.7. The van der Waals surface area contributed by atoms with Gasteiger partial charge in [0.2, 0.25) is 0 Å². The first-order chi connectivity index (χ1) is 19.8. The Kier molecular flexibility index (Phi) is 7.91. The van der Waals surface area contributed by atoms with E-state index in [1.54, 1.807) is 12.1 Å². The number of carbonyl (C=O) groups is 1. The van der Waals surface area contributed by atoms with Gasteiger partial charge in [-0.25, -0.2) is 8.78 Å². The Morgan fingerprint density at radius 1 is 0.951 bits per heavy atom. The second-order valence-electron chi connectivity index (χ2n) is 11.7. The molecular formula is C34H38F2N4O. The fourth-order valence-corrected chi connectivity index (χ4v) is 6.21. The highest BCUT2D eigenvalue weighted by atomic mass is 19.3. The molecule has 5 nitrogen and oxygen atoms in total. The highest BCUT2D eigenvalue weighted by Crippen LogP contribution is 2.30. The number of likely N-dealkylation sites (tertiary alicyclic amines) is 1. The van der Waals surface area contributed by atoms with Crippen LogP contribution in [-0.2, 0) is 31.9 Å². The molecule has 0 unspecified atom stereocenters. The van der Waals surface area contributed by atoms with Crippen LogP contribution in [0.3, 0.4) is 0 Å². The molecule has 2 aliphatic rings. The number of fused-ring (bicyclic) bond motifs is 3. The van der Waals surface area contributed by atoms with Crippen LogP contribution in [0.1, 0.15) is 58.1 Å². The summed E-state index contributed by atoms with van der Waals surface area (Å²) in [5, 5.41) is 4.38. The number of halogens is 2. The molecule has 1 amide bonds. The summed E-state index contributed by atoms with van der Waals surface area (Å²) in [5.41, 5.74) is 6.62. The molecule has 41 heavy (non-hydrogen) atoms. The van der Waals surface area contributed by atoms with Gasteiger partial charge in [0.25, 0.3) is 11.8 Å². The van der Waals surface area contributed by atoms with Crippen molar-refractivity contribution in [2.24, 2.45) is 0 Å². The molecule has 7 heteroatoms. The van der Waals surface area contributed by atoms with Crippen LogP contribution in [-0.4, -0.2) is 52.9 Å². The molecule has 3 aromatic carbocycles. The van der Waals surface area contributed by atoms with Crippen molar-refractivity contribution >= 4 is 16.8 Å². The lowest BCUT2D eigenvalue weighted by Gasteiger charge is -2.32. The Labute approximate surface area is 240 Å². The van der Waals surface area contributed by atoms with Crippen molar-refractivity contribution in [1.82, 2.24) is 20.1 Å². The standard InChI is InChI=1S/C34H38F2N4O/c1-34(35,36)27-10-7-25(8-11-27)22-40-20-16-32-30(23-40)29-21-26(9-12-31(29)38-32)33(41)37-28-14-18-39(19-15-28)17-13-24-5-3-2-4-6-24/h2-12,21,28,38H,13-20,22-23H2,1H3,(H,37,41). The van der Waals surface area contributed by atoms with E-state index in [4.69, 9.17) is 0 Å². The summed E-state index contributed by atoms with van der Waals surface area (Å²) in [6.45, 7) is 6.33. The van der Waals surface area contributed by atoms with Gasteiger partial charge in [0.15, 0.2) is 0 Å². The van der Waals surface area contributed by atoms with Gasteiger partial charge >= 0.3 is 0 Å². The van der Waals surface area contributed by atoms with Crippen molar-refractivity contribution in [3.63, 3.8) is 0 Å². The number of nitrogens with one attached hydrogen (secondary N) is 2. The molecule has 0 saturated carbocycles. The van der Waals surface area contributed by atoms with E-state index in [1.807, 2.05) is 18.2 Å². The average Bonchev–Trinajstić information content (AvgIpc) is 3.34. The van der Waals surface area contributed by atoms with Crippen molar-refractivity contribution < 1.29 is 13.6 Å². The minimum atomic E-state index is -2.83. The van der Waals surface area contributed by atoms with Gasteiger partial charge in [0.05, 0.1) is 0 Å². The third-order valence-electron chi connectivity index (χ3n) is 8.67. The third-order valence-corrected chi connectivity index (χ3v) is 8.67. The zero-order chi connectivity index (χ0) is 28.4. The number of carbonyl (C=O) groups excluding carboxylic acids is 1. The molecule has 0 bridgehead atoms. The van der Waals surface area contributed by atoms with Crippen LogP contribution in [0, 0.1) is 0 Å². The highest BCUT2D eigenvalue weighted by Gasteiger charge is 2.25. The Hall–Kier alpha value is -3.55. The molecule has 3 heterocycles. The Morgan fingerprint density at radius 3 is 2.44 bits per heavy atom. The van der Waals surface area contributed by atoms with Gasteiger partial charge in [-0.2, -0.15) is 0 Å². The third kappa shape index (κ3) is 6.52. The van der Waals surface area contributed by atoms with E-state index in [0.717, 1.165) is 81.8 Å². The molecule has 1 aromatic heterocycles. The van der Waals surface area contributed by atoms with Crippen molar-refractivity contribution in [2.75, 3.05) is 26.2 Å². The summed E-state index contributed by atoms with van der Waals surface area (Å²) in [6.07, 6.45) is 3.88. The van der Waals surface area contributed by atoms with E-state index in [0.29, 0.717) is 12.1 Å². The topological polar surface area (TPSA) is 51.4 Å². The molecule has 0 spiro atoms. The van der Waals surface area contributed by atoms with Crippen molar-refractivity contribution in [1.29, 1.82) is 0 Å². The maximum atomic E-state index is 13.6. The summed E-state index contributed by atoms with van der Waals surface area (Å²) in [7, 11) is 0. The van der Waals surface area contributed by atoms with Crippen LogP contribution in [0.2, 0.25) is 0 Å². The van der Waals surface area contributed by atoms with Crippen LogP contribution in [0.5, 0.6) is 0 Å². The van der Waals surface area contributed by atoms with Gasteiger partial charge in [-0.15, -0.1) is 0 Å². The fourth-order valence-electron chi connectivity index (χ4n) is 6.21. The molecule has 6 rings (SSSR count). The maximum Gasteiger partial charge on any atom is 0.270 e. The molecule has 1 fully saturated rings. The zero-order valence-electron chi connectivity index (χ0n) is 23.6. The quantitative estimate of drug-likeness (QED) is 0.269. The SMILES string of the molecule is CC(F)(F)c1ccc(CN2CCc3[nH]c4ccc(C(=O)NC5CCN(CCc6ccccc6)CC5)cc4c3C2)cc1. The number of aromatic nitrogens is 1. The van der Waals surface area contributed by atoms with Crippen LogP contribution in [0.15, 0.2) is 72.8 Å². The lowest BCUT2D eigenvalue weighted by molar-refractivity contribution is 0.0174. The summed E-state index contributed by atoms with van der Waals surface area (Å²) < 4.78 is 27.2. The van der Waals surface area contributed by atoms with Crippen LogP contribution < -0.4 is 5.32 Å². The van der Waals surface area contributed by atoms with Gasteiger partial charge in [-0.05, 0) is 54.2 Å². The van der Waals surface area contributed by atoms with E-state index in [2.05, 4.69) is 50.4 Å². The van der Waals surface area contributed by atoms with Crippen molar-refractivity contribution in [3.05, 3.63) is 106 Å². The minimum absolute atomic E-state index is 0.00920. The Morgan fingerprint density at radius 2 is 1.71 bits per heavy atom. The van der Waals surface area contributed by atoms with Crippen molar-refractivity contribution in [3.8, 4) is 0 Å². The van der Waals surface area contributed by atoms with E-state index >= 15 is 0 Å². The number of benzene rings is 3. The number of aromatic amines is 1. The summed E-state index contributed by atoms with van der Waals surface area (Å²) >= 11 is 0. The normalized spacial score (nSPS) is 17.0. The van der Waals surface area contributed by atoms with E-state index in [9.17, 15) is 13.6 Å². The molecule has 0 aliphatic carbocycles. The van der Waals surface area contributed by atoms with Crippen LogP contribution in [0.25, 0.3) is 10.9 Å². The number of hydrogen-bond donors (Lipinski definition) is 2. The first kappa shape index (κ1) is 27.6.